The number of rotatable bonds is 6. The van der Waals surface area contributed by atoms with Crippen molar-refractivity contribution >= 4 is 11.6 Å². The molecular formula is C14H13ClF2N2O2. The van der Waals surface area contributed by atoms with Crippen molar-refractivity contribution in [1.82, 2.24) is 9.97 Å². The first-order chi connectivity index (χ1) is 10.1. The number of hydrogen-bond donors (Lipinski definition) is 0. The first kappa shape index (κ1) is 15.4. The molecule has 1 unspecified atom stereocenters. The predicted molar refractivity (Wildman–Crippen MR) is 74.0 cm³/mol. The summed E-state index contributed by atoms with van der Waals surface area (Å²) in [5, 5.41) is -0.342. The van der Waals surface area contributed by atoms with E-state index >= 15 is 0 Å². The first-order valence-electron chi connectivity index (χ1n) is 6.12. The van der Waals surface area contributed by atoms with Gasteiger partial charge in [-0.05, 0) is 17.7 Å². The molecule has 0 saturated carbocycles. The molecule has 0 aliphatic rings. The van der Waals surface area contributed by atoms with Gasteiger partial charge in [0, 0.05) is 18.2 Å². The van der Waals surface area contributed by atoms with E-state index in [1.807, 2.05) is 0 Å². The van der Waals surface area contributed by atoms with E-state index in [1.165, 1.54) is 25.6 Å². The fraction of sp³-hybridized carbons (Fsp3) is 0.286. The maximum Gasteiger partial charge on any atom is 0.387 e. The lowest BCUT2D eigenvalue weighted by molar-refractivity contribution is -0.0498. The molecule has 1 aromatic heterocycles. The van der Waals surface area contributed by atoms with Crippen LogP contribution in [0.5, 0.6) is 11.6 Å². The van der Waals surface area contributed by atoms with E-state index < -0.39 is 6.61 Å². The summed E-state index contributed by atoms with van der Waals surface area (Å²) >= 11 is 6.30. The van der Waals surface area contributed by atoms with E-state index in [-0.39, 0.29) is 11.1 Å². The third-order valence-corrected chi connectivity index (χ3v) is 3.17. The molecule has 0 N–H and O–H groups in total. The van der Waals surface area contributed by atoms with Crippen molar-refractivity contribution in [3.8, 4) is 11.6 Å². The molecule has 4 nitrogen and oxygen atoms in total. The average molecular weight is 315 g/mol. The fourth-order valence-corrected chi connectivity index (χ4v) is 2.06. The van der Waals surface area contributed by atoms with E-state index in [4.69, 9.17) is 16.3 Å². The molecule has 1 aromatic carbocycles. The number of hydrogen-bond acceptors (Lipinski definition) is 4. The van der Waals surface area contributed by atoms with Crippen molar-refractivity contribution in [3.63, 3.8) is 0 Å². The van der Waals surface area contributed by atoms with E-state index in [1.54, 1.807) is 18.2 Å². The Morgan fingerprint density at radius 1 is 1.19 bits per heavy atom. The molecule has 0 fully saturated rings. The third-order valence-electron chi connectivity index (χ3n) is 2.76. The molecular weight excluding hydrogens is 302 g/mol. The minimum absolute atomic E-state index is 0.0984. The number of halogens is 3. The second kappa shape index (κ2) is 7.17. The number of benzene rings is 1. The Kier molecular flexibility index (Phi) is 5.27. The quantitative estimate of drug-likeness (QED) is 0.764. The van der Waals surface area contributed by atoms with E-state index in [2.05, 4.69) is 14.7 Å². The topological polar surface area (TPSA) is 44.2 Å². The Morgan fingerprint density at radius 3 is 2.52 bits per heavy atom. The monoisotopic (exact) mass is 314 g/mol. The third kappa shape index (κ3) is 4.53. The van der Waals surface area contributed by atoms with Crippen LogP contribution >= 0.6 is 11.6 Å². The van der Waals surface area contributed by atoms with E-state index in [9.17, 15) is 8.78 Å². The zero-order valence-electron chi connectivity index (χ0n) is 11.2. The van der Waals surface area contributed by atoms with Crippen LogP contribution in [0.1, 0.15) is 16.6 Å². The van der Waals surface area contributed by atoms with Gasteiger partial charge in [0.25, 0.3) is 0 Å². The lowest BCUT2D eigenvalue weighted by Gasteiger charge is -2.11. The Bertz CT molecular complexity index is 581. The number of methoxy groups -OCH3 is 1. The van der Waals surface area contributed by atoms with Gasteiger partial charge in [-0.3, -0.25) is 0 Å². The molecule has 0 radical (unpaired) electrons. The molecule has 112 valence electrons. The minimum atomic E-state index is -2.84. The second-order valence-corrected chi connectivity index (χ2v) is 4.70. The van der Waals surface area contributed by atoms with Gasteiger partial charge in [0.15, 0.2) is 0 Å². The number of nitrogens with zero attached hydrogens (tertiary/aromatic N) is 2. The summed E-state index contributed by atoms with van der Waals surface area (Å²) in [5.41, 5.74) is 1.52. The van der Waals surface area contributed by atoms with Gasteiger partial charge in [-0.25, -0.2) is 9.97 Å². The molecule has 0 saturated heterocycles. The lowest BCUT2D eigenvalue weighted by Crippen LogP contribution is -2.03. The van der Waals surface area contributed by atoms with Gasteiger partial charge >= 0.3 is 6.61 Å². The molecule has 1 atom stereocenters. The highest BCUT2D eigenvalue weighted by Gasteiger charge is 2.12. The van der Waals surface area contributed by atoms with E-state index in [0.29, 0.717) is 12.3 Å². The van der Waals surface area contributed by atoms with Crippen molar-refractivity contribution in [1.29, 1.82) is 0 Å². The summed E-state index contributed by atoms with van der Waals surface area (Å²) in [5.74, 6) is 0.561. The summed E-state index contributed by atoms with van der Waals surface area (Å²) in [4.78, 5) is 8.02. The predicted octanol–water partition coefficient (Wildman–Crippen LogP) is 3.61. The van der Waals surface area contributed by atoms with Crippen LogP contribution in [0.2, 0.25) is 0 Å². The van der Waals surface area contributed by atoms with Crippen LogP contribution in [0.15, 0.2) is 36.7 Å². The largest absolute Gasteiger partial charge is 0.481 e. The van der Waals surface area contributed by atoms with Crippen LogP contribution in [0.4, 0.5) is 8.78 Å². The van der Waals surface area contributed by atoms with Gasteiger partial charge in [-0.15, -0.1) is 11.6 Å². The zero-order valence-corrected chi connectivity index (χ0v) is 11.9. The molecule has 2 aromatic rings. The molecule has 7 heteroatoms. The van der Waals surface area contributed by atoms with Crippen molar-refractivity contribution < 1.29 is 18.3 Å². The highest BCUT2D eigenvalue weighted by molar-refractivity contribution is 6.20. The van der Waals surface area contributed by atoms with Crippen LogP contribution in [-0.2, 0) is 6.42 Å². The Labute approximate surface area is 125 Å². The van der Waals surface area contributed by atoms with Crippen LogP contribution in [0.3, 0.4) is 0 Å². The van der Waals surface area contributed by atoms with Gasteiger partial charge in [-0.1, -0.05) is 12.1 Å². The second-order valence-electron chi connectivity index (χ2n) is 4.17. The fourth-order valence-electron chi connectivity index (χ4n) is 1.76. The molecule has 0 aliphatic heterocycles. The van der Waals surface area contributed by atoms with E-state index in [0.717, 1.165) is 11.3 Å². The highest BCUT2D eigenvalue weighted by atomic mass is 35.5. The van der Waals surface area contributed by atoms with Gasteiger partial charge in [0.1, 0.15) is 12.1 Å². The van der Waals surface area contributed by atoms with Crippen LogP contribution in [0.25, 0.3) is 0 Å². The van der Waals surface area contributed by atoms with Crippen molar-refractivity contribution in [2.45, 2.75) is 18.4 Å². The average Bonchev–Trinajstić information content (AvgIpc) is 2.47. The maximum atomic E-state index is 12.1. The summed E-state index contributed by atoms with van der Waals surface area (Å²) in [6.45, 7) is -2.84. The maximum absolute atomic E-state index is 12.1. The SMILES string of the molecule is COc1cc(CC(Cl)c2ccc(OC(F)F)cc2)ncn1. The Hall–Kier alpha value is -1.95. The molecule has 0 bridgehead atoms. The number of ether oxygens (including phenoxy) is 2. The molecule has 2 rings (SSSR count). The lowest BCUT2D eigenvalue weighted by atomic mass is 10.1. The smallest absolute Gasteiger partial charge is 0.387 e. The minimum Gasteiger partial charge on any atom is -0.481 e. The highest BCUT2D eigenvalue weighted by Crippen LogP contribution is 2.27. The van der Waals surface area contributed by atoms with Crippen molar-refractivity contribution in [2.75, 3.05) is 7.11 Å². The Morgan fingerprint density at radius 2 is 1.90 bits per heavy atom. The molecule has 0 aliphatic carbocycles. The van der Waals surface area contributed by atoms with Crippen LogP contribution < -0.4 is 9.47 Å². The molecule has 21 heavy (non-hydrogen) atoms. The van der Waals surface area contributed by atoms with Crippen molar-refractivity contribution in [3.05, 3.63) is 47.9 Å². The van der Waals surface area contributed by atoms with Gasteiger partial charge < -0.3 is 9.47 Å². The summed E-state index contributed by atoms with van der Waals surface area (Å²) in [6.07, 6.45) is 1.87. The first-order valence-corrected chi connectivity index (χ1v) is 6.56. The summed E-state index contributed by atoms with van der Waals surface area (Å²) in [6, 6.07) is 7.90. The normalized spacial score (nSPS) is 12.2. The molecule has 0 spiro atoms. The van der Waals surface area contributed by atoms with Crippen LogP contribution in [-0.4, -0.2) is 23.7 Å². The van der Waals surface area contributed by atoms with Crippen molar-refractivity contribution in [2.24, 2.45) is 0 Å². The zero-order chi connectivity index (χ0) is 15.2. The molecule has 1 heterocycles. The summed E-state index contributed by atoms with van der Waals surface area (Å²) < 4.78 is 33.4. The molecule has 0 amide bonds. The van der Waals surface area contributed by atoms with Gasteiger partial charge in [0.2, 0.25) is 5.88 Å². The summed E-state index contributed by atoms with van der Waals surface area (Å²) in [7, 11) is 1.52. The standard InChI is InChI=1S/C14H13ClF2N2O2/c1-20-13-7-10(18-8-19-13)6-12(15)9-2-4-11(5-3-9)21-14(16)17/h2-5,7-8,12,14H,6H2,1H3. The van der Waals surface area contributed by atoms with Crippen LogP contribution in [0, 0.1) is 0 Å². The number of alkyl halides is 3. The Balaban J connectivity index is 2.03. The van der Waals surface area contributed by atoms with Gasteiger partial charge in [0.05, 0.1) is 12.5 Å². The number of aromatic nitrogens is 2. The van der Waals surface area contributed by atoms with Gasteiger partial charge in [-0.2, -0.15) is 8.78 Å².